The maximum atomic E-state index is 6.53. The minimum absolute atomic E-state index is 0.0915. The molecule has 1 aromatic rings. The Morgan fingerprint density at radius 1 is 1.29 bits per heavy atom. The molecule has 0 N–H and O–H groups in total. The Kier molecular flexibility index (Phi) is 4.56. The van der Waals surface area contributed by atoms with Gasteiger partial charge in [-0.1, -0.05) is 31.9 Å². The van der Waals surface area contributed by atoms with Crippen molar-refractivity contribution in [3.05, 3.63) is 32.2 Å². The summed E-state index contributed by atoms with van der Waals surface area (Å²) in [6.07, 6.45) is 2.58. The maximum Gasteiger partial charge on any atom is 0.0858 e. The molecule has 1 aliphatic heterocycles. The highest BCUT2D eigenvalue weighted by Crippen LogP contribution is 2.39. The lowest BCUT2D eigenvalue weighted by atomic mass is 10.0. The molecule has 0 aromatic heterocycles. The second-order valence-electron chi connectivity index (χ2n) is 4.59. The van der Waals surface area contributed by atoms with Crippen molar-refractivity contribution in [2.45, 2.75) is 44.3 Å². The Bertz CT molecular complexity index is 422. The van der Waals surface area contributed by atoms with Gasteiger partial charge < -0.3 is 4.74 Å². The second kappa shape index (κ2) is 5.60. The van der Waals surface area contributed by atoms with Crippen LogP contribution < -0.4 is 0 Å². The van der Waals surface area contributed by atoms with Gasteiger partial charge in [-0.25, -0.2) is 0 Å². The highest BCUT2D eigenvalue weighted by molar-refractivity contribution is 9.11. The molecule has 0 amide bonds. The van der Waals surface area contributed by atoms with Crippen molar-refractivity contribution in [2.75, 3.05) is 0 Å². The molecule has 0 spiro atoms. The molecule has 1 fully saturated rings. The van der Waals surface area contributed by atoms with Crippen LogP contribution in [0.2, 0.25) is 0 Å². The molecule has 1 nitrogen and oxygen atoms in total. The first-order chi connectivity index (χ1) is 7.99. The van der Waals surface area contributed by atoms with E-state index in [9.17, 15) is 0 Å². The second-order valence-corrected chi connectivity index (χ2v) is 6.77. The van der Waals surface area contributed by atoms with Crippen molar-refractivity contribution in [3.8, 4) is 0 Å². The fourth-order valence-corrected chi connectivity index (χ4v) is 3.69. The lowest BCUT2D eigenvalue weighted by Crippen LogP contribution is -2.15. The van der Waals surface area contributed by atoms with Gasteiger partial charge in [-0.15, -0.1) is 11.6 Å². The first-order valence-corrected chi connectivity index (χ1v) is 7.76. The minimum atomic E-state index is -0.0915. The van der Waals surface area contributed by atoms with Gasteiger partial charge in [-0.2, -0.15) is 0 Å². The van der Waals surface area contributed by atoms with E-state index < -0.39 is 0 Å². The molecule has 94 valence electrons. The molecule has 3 unspecified atom stereocenters. The zero-order valence-electron chi connectivity index (χ0n) is 9.84. The number of hydrogen-bond acceptors (Lipinski definition) is 1. The highest BCUT2D eigenvalue weighted by Gasteiger charge is 2.30. The number of rotatable bonds is 2. The van der Waals surface area contributed by atoms with E-state index in [1.807, 2.05) is 0 Å². The molecule has 3 atom stereocenters. The molecule has 0 aliphatic carbocycles. The van der Waals surface area contributed by atoms with Gasteiger partial charge in [-0.3, -0.25) is 0 Å². The van der Waals surface area contributed by atoms with E-state index in [-0.39, 0.29) is 11.5 Å². The van der Waals surface area contributed by atoms with Crippen LogP contribution in [0.25, 0.3) is 0 Å². The van der Waals surface area contributed by atoms with Crippen LogP contribution in [-0.2, 0) is 4.74 Å². The van der Waals surface area contributed by atoms with Crippen molar-refractivity contribution in [1.29, 1.82) is 0 Å². The van der Waals surface area contributed by atoms with Gasteiger partial charge in [-0.05, 0) is 49.9 Å². The van der Waals surface area contributed by atoms with Gasteiger partial charge >= 0.3 is 0 Å². The summed E-state index contributed by atoms with van der Waals surface area (Å²) < 4.78 is 7.98. The van der Waals surface area contributed by atoms with Crippen LogP contribution >= 0.6 is 43.5 Å². The molecule has 1 saturated heterocycles. The van der Waals surface area contributed by atoms with Crippen molar-refractivity contribution in [1.82, 2.24) is 0 Å². The van der Waals surface area contributed by atoms with Crippen LogP contribution in [-0.4, -0.2) is 12.2 Å². The van der Waals surface area contributed by atoms with Crippen LogP contribution in [0.5, 0.6) is 0 Å². The summed E-state index contributed by atoms with van der Waals surface area (Å²) in [4.78, 5) is 0. The zero-order chi connectivity index (χ0) is 12.6. The summed E-state index contributed by atoms with van der Waals surface area (Å²) >= 11 is 13.7. The van der Waals surface area contributed by atoms with E-state index in [1.165, 1.54) is 5.56 Å². The zero-order valence-corrected chi connectivity index (χ0v) is 13.8. The Morgan fingerprint density at radius 3 is 2.59 bits per heavy atom. The molecule has 1 aromatic carbocycles. The van der Waals surface area contributed by atoms with E-state index in [1.54, 1.807) is 0 Å². The lowest BCUT2D eigenvalue weighted by Gasteiger charge is -2.20. The summed E-state index contributed by atoms with van der Waals surface area (Å²) in [6.45, 7) is 4.17. The largest absolute Gasteiger partial charge is 0.373 e. The first-order valence-electron chi connectivity index (χ1n) is 5.74. The Morgan fingerprint density at radius 2 is 2.00 bits per heavy atom. The van der Waals surface area contributed by atoms with Crippen LogP contribution in [0.1, 0.15) is 36.3 Å². The van der Waals surface area contributed by atoms with Crippen molar-refractivity contribution < 1.29 is 4.74 Å². The molecule has 0 radical (unpaired) electrons. The molecule has 0 bridgehead atoms. The predicted octanol–water partition coefficient (Wildman–Crippen LogP) is 5.37. The molecular weight excluding hydrogens is 367 g/mol. The molecule has 4 heteroatoms. The van der Waals surface area contributed by atoms with E-state index in [2.05, 4.69) is 57.8 Å². The smallest absolute Gasteiger partial charge is 0.0858 e. The summed E-state index contributed by atoms with van der Waals surface area (Å²) in [5, 5.41) is -0.0915. The van der Waals surface area contributed by atoms with Gasteiger partial charge in [0.05, 0.1) is 17.6 Å². The topological polar surface area (TPSA) is 9.23 Å². The number of hydrogen-bond donors (Lipinski definition) is 0. The number of aryl methyl sites for hydroxylation is 1. The van der Waals surface area contributed by atoms with Crippen LogP contribution in [0.3, 0.4) is 0 Å². The third kappa shape index (κ3) is 3.06. The molecule has 0 saturated carbocycles. The number of halogens is 3. The fraction of sp³-hybridized carbons (Fsp3) is 0.538. The molecule has 17 heavy (non-hydrogen) atoms. The number of ether oxygens (including phenoxy) is 1. The quantitative estimate of drug-likeness (QED) is 0.625. The third-order valence-electron chi connectivity index (χ3n) is 3.17. The highest BCUT2D eigenvalue weighted by atomic mass is 79.9. The Hall–Kier alpha value is 0.430. The molecule has 1 aliphatic rings. The van der Waals surface area contributed by atoms with Gasteiger partial charge in [0.15, 0.2) is 0 Å². The summed E-state index contributed by atoms with van der Waals surface area (Å²) in [5.41, 5.74) is 2.30. The van der Waals surface area contributed by atoms with Gasteiger partial charge in [0.2, 0.25) is 0 Å². The fourth-order valence-electron chi connectivity index (χ4n) is 2.12. The average molecular weight is 383 g/mol. The van der Waals surface area contributed by atoms with Crippen LogP contribution in [0.4, 0.5) is 0 Å². The molecule has 1 heterocycles. The molecular formula is C13H15Br2ClO. The van der Waals surface area contributed by atoms with Gasteiger partial charge in [0, 0.05) is 8.95 Å². The van der Waals surface area contributed by atoms with E-state index in [4.69, 9.17) is 16.3 Å². The molecule has 2 rings (SSSR count). The maximum absolute atomic E-state index is 6.53. The Balaban J connectivity index is 2.24. The van der Waals surface area contributed by atoms with Crippen LogP contribution in [0.15, 0.2) is 21.1 Å². The summed E-state index contributed by atoms with van der Waals surface area (Å²) in [6, 6.07) is 4.18. The summed E-state index contributed by atoms with van der Waals surface area (Å²) in [5.74, 6) is 0. The minimum Gasteiger partial charge on any atom is -0.373 e. The normalized spacial score (nSPS) is 26.2. The third-order valence-corrected chi connectivity index (χ3v) is 5.22. The van der Waals surface area contributed by atoms with Crippen molar-refractivity contribution in [3.63, 3.8) is 0 Å². The Labute approximate surface area is 124 Å². The standard InChI is InChI=1S/C13H15Br2ClO/c1-7-5-11(15)9(6-10(7)14)13(16)12-4-3-8(2)17-12/h5-6,8,12-13H,3-4H2,1-2H3. The monoisotopic (exact) mass is 380 g/mol. The average Bonchev–Trinajstić information content (AvgIpc) is 2.69. The van der Waals surface area contributed by atoms with Crippen molar-refractivity contribution >= 4 is 43.5 Å². The van der Waals surface area contributed by atoms with E-state index in [0.29, 0.717) is 6.10 Å². The SMILES string of the molecule is Cc1cc(Br)c(C(Cl)C2CCC(C)O2)cc1Br. The lowest BCUT2D eigenvalue weighted by molar-refractivity contribution is 0.0532. The van der Waals surface area contributed by atoms with E-state index >= 15 is 0 Å². The predicted molar refractivity (Wildman–Crippen MR) is 78.7 cm³/mol. The van der Waals surface area contributed by atoms with E-state index in [0.717, 1.165) is 27.4 Å². The first kappa shape index (κ1) is 13.9. The van der Waals surface area contributed by atoms with Crippen LogP contribution in [0, 0.1) is 6.92 Å². The number of benzene rings is 1. The number of alkyl halides is 1. The van der Waals surface area contributed by atoms with Gasteiger partial charge in [0.25, 0.3) is 0 Å². The summed E-state index contributed by atoms with van der Waals surface area (Å²) in [7, 11) is 0. The van der Waals surface area contributed by atoms with Gasteiger partial charge in [0.1, 0.15) is 0 Å². The van der Waals surface area contributed by atoms with Crippen molar-refractivity contribution in [2.24, 2.45) is 0 Å².